The number of nitrogens with one attached hydrogen (secondary N) is 1. The number of hydrogen-bond acceptors (Lipinski definition) is 4. The average Bonchev–Trinajstić information content (AvgIpc) is 2.76. The van der Waals surface area contributed by atoms with E-state index in [9.17, 15) is 0 Å². The monoisotopic (exact) mass is 289 g/mol. The van der Waals surface area contributed by atoms with Crippen molar-refractivity contribution in [2.24, 2.45) is 11.8 Å². The largest absolute Gasteiger partial charge is 0.397 e. The third-order valence-corrected chi connectivity index (χ3v) is 5.44. The molecule has 0 spiro atoms. The zero-order valence-corrected chi connectivity index (χ0v) is 13.1. The van der Waals surface area contributed by atoms with Crippen molar-refractivity contribution in [2.75, 3.05) is 17.6 Å². The molecule has 20 heavy (non-hydrogen) atoms. The lowest BCUT2D eigenvalue weighted by Gasteiger charge is -2.29. The van der Waals surface area contributed by atoms with Gasteiger partial charge in [-0.3, -0.25) is 0 Å². The summed E-state index contributed by atoms with van der Waals surface area (Å²) >= 11 is 1.70. The molecule has 108 valence electrons. The van der Waals surface area contributed by atoms with Crippen molar-refractivity contribution in [3.63, 3.8) is 0 Å². The van der Waals surface area contributed by atoms with E-state index in [4.69, 9.17) is 5.73 Å². The Bertz CT molecular complexity index is 605. The van der Waals surface area contributed by atoms with Crippen LogP contribution in [0, 0.1) is 18.8 Å². The molecule has 1 fully saturated rings. The predicted octanol–water partition coefficient (Wildman–Crippen LogP) is 4.43. The second-order valence-electron chi connectivity index (χ2n) is 6.04. The first-order chi connectivity index (χ1) is 9.63. The van der Waals surface area contributed by atoms with Gasteiger partial charge in [0.15, 0.2) is 0 Å². The standard InChI is InChI=1S/C16H23N3S/c1-10-5-3-4-6-12(10)9-18-14-8-15-16(7-13(14)17)20-11(2)19-15/h7-8,10,12,18H,3-6,9,17H2,1-2H3. The van der Waals surface area contributed by atoms with Crippen LogP contribution in [-0.4, -0.2) is 11.5 Å². The number of anilines is 2. The molecule has 2 unspecified atom stereocenters. The number of benzene rings is 1. The van der Waals surface area contributed by atoms with Gasteiger partial charge in [-0.1, -0.05) is 26.2 Å². The van der Waals surface area contributed by atoms with Crippen LogP contribution in [-0.2, 0) is 0 Å². The Kier molecular flexibility index (Phi) is 3.83. The molecular weight excluding hydrogens is 266 g/mol. The summed E-state index contributed by atoms with van der Waals surface area (Å²) in [5.41, 5.74) is 9.10. The van der Waals surface area contributed by atoms with Crippen molar-refractivity contribution in [3.8, 4) is 0 Å². The van der Waals surface area contributed by atoms with Crippen molar-refractivity contribution < 1.29 is 0 Å². The highest BCUT2D eigenvalue weighted by Crippen LogP contribution is 2.32. The minimum atomic E-state index is 0.774. The minimum absolute atomic E-state index is 0.774. The third-order valence-electron chi connectivity index (χ3n) is 4.51. The van der Waals surface area contributed by atoms with Crippen molar-refractivity contribution in [1.29, 1.82) is 0 Å². The molecule has 1 aromatic carbocycles. The molecule has 2 atom stereocenters. The normalized spacial score (nSPS) is 23.1. The molecule has 0 amide bonds. The Morgan fingerprint density at radius 3 is 2.95 bits per heavy atom. The molecule has 2 aromatic rings. The SMILES string of the molecule is Cc1nc2cc(NCC3CCCCC3C)c(N)cc2s1. The van der Waals surface area contributed by atoms with Crippen LogP contribution in [0.2, 0.25) is 0 Å². The van der Waals surface area contributed by atoms with Gasteiger partial charge in [0, 0.05) is 6.54 Å². The fourth-order valence-corrected chi connectivity index (χ4v) is 4.05. The van der Waals surface area contributed by atoms with E-state index in [1.807, 2.05) is 13.0 Å². The van der Waals surface area contributed by atoms with Crippen LogP contribution < -0.4 is 11.1 Å². The van der Waals surface area contributed by atoms with Gasteiger partial charge in [0.05, 0.1) is 26.6 Å². The van der Waals surface area contributed by atoms with Crippen LogP contribution in [0.25, 0.3) is 10.2 Å². The average molecular weight is 289 g/mol. The highest BCUT2D eigenvalue weighted by Gasteiger charge is 2.21. The first kappa shape index (κ1) is 13.7. The quantitative estimate of drug-likeness (QED) is 0.822. The molecule has 1 aliphatic rings. The molecule has 3 N–H and O–H groups in total. The molecule has 0 saturated heterocycles. The summed E-state index contributed by atoms with van der Waals surface area (Å²) in [6.45, 7) is 5.44. The summed E-state index contributed by atoms with van der Waals surface area (Å²) in [4.78, 5) is 4.55. The predicted molar refractivity (Wildman–Crippen MR) is 88.4 cm³/mol. The summed E-state index contributed by atoms with van der Waals surface area (Å²) in [5.74, 6) is 1.60. The highest BCUT2D eigenvalue weighted by atomic mass is 32.1. The Morgan fingerprint density at radius 2 is 2.15 bits per heavy atom. The Labute approximate surface area is 124 Å². The number of fused-ring (bicyclic) bond motifs is 1. The van der Waals surface area contributed by atoms with Crippen molar-refractivity contribution in [2.45, 2.75) is 39.5 Å². The number of nitrogens with two attached hydrogens (primary N) is 1. The van der Waals surface area contributed by atoms with Gasteiger partial charge in [-0.15, -0.1) is 11.3 Å². The second-order valence-corrected chi connectivity index (χ2v) is 7.28. The van der Waals surface area contributed by atoms with Gasteiger partial charge in [-0.05, 0) is 37.3 Å². The maximum absolute atomic E-state index is 6.16. The molecular formula is C16H23N3S. The zero-order valence-electron chi connectivity index (χ0n) is 12.3. The van der Waals surface area contributed by atoms with Crippen molar-refractivity contribution in [3.05, 3.63) is 17.1 Å². The van der Waals surface area contributed by atoms with Gasteiger partial charge in [0.1, 0.15) is 0 Å². The number of nitrogen functional groups attached to an aromatic ring is 1. The van der Waals surface area contributed by atoms with E-state index in [0.717, 1.165) is 40.3 Å². The molecule has 0 radical (unpaired) electrons. The highest BCUT2D eigenvalue weighted by molar-refractivity contribution is 7.18. The summed E-state index contributed by atoms with van der Waals surface area (Å²) in [6.07, 6.45) is 5.47. The molecule has 1 aliphatic carbocycles. The summed E-state index contributed by atoms with van der Waals surface area (Å²) in [6, 6.07) is 4.15. The van der Waals surface area contributed by atoms with E-state index in [-0.39, 0.29) is 0 Å². The van der Waals surface area contributed by atoms with E-state index in [2.05, 4.69) is 23.3 Å². The summed E-state index contributed by atoms with van der Waals surface area (Å²) in [5, 5.41) is 4.65. The molecule has 3 rings (SSSR count). The number of thiazole rings is 1. The van der Waals surface area contributed by atoms with Crippen LogP contribution in [0.15, 0.2) is 12.1 Å². The van der Waals surface area contributed by atoms with E-state index in [1.165, 1.54) is 30.4 Å². The maximum atomic E-state index is 6.16. The number of aromatic nitrogens is 1. The zero-order chi connectivity index (χ0) is 14.1. The van der Waals surface area contributed by atoms with Gasteiger partial charge in [-0.2, -0.15) is 0 Å². The van der Waals surface area contributed by atoms with Gasteiger partial charge in [0.2, 0.25) is 0 Å². The van der Waals surface area contributed by atoms with Crippen LogP contribution in [0.4, 0.5) is 11.4 Å². The van der Waals surface area contributed by atoms with Crippen molar-refractivity contribution in [1.82, 2.24) is 4.98 Å². The number of rotatable bonds is 3. The molecule has 0 bridgehead atoms. The van der Waals surface area contributed by atoms with Crippen LogP contribution in [0.1, 0.15) is 37.6 Å². The van der Waals surface area contributed by atoms with Gasteiger partial charge in [-0.25, -0.2) is 4.98 Å². The van der Waals surface area contributed by atoms with Gasteiger partial charge < -0.3 is 11.1 Å². The van der Waals surface area contributed by atoms with Gasteiger partial charge >= 0.3 is 0 Å². The lowest BCUT2D eigenvalue weighted by molar-refractivity contribution is 0.268. The number of aryl methyl sites for hydroxylation is 1. The van der Waals surface area contributed by atoms with E-state index in [0.29, 0.717) is 0 Å². The minimum Gasteiger partial charge on any atom is -0.397 e. The molecule has 1 aromatic heterocycles. The van der Waals surface area contributed by atoms with Gasteiger partial charge in [0.25, 0.3) is 0 Å². The lowest BCUT2D eigenvalue weighted by atomic mass is 9.80. The first-order valence-corrected chi connectivity index (χ1v) is 8.35. The van der Waals surface area contributed by atoms with Crippen LogP contribution in [0.5, 0.6) is 0 Å². The van der Waals surface area contributed by atoms with Crippen LogP contribution >= 0.6 is 11.3 Å². The number of nitrogens with zero attached hydrogens (tertiary/aromatic N) is 1. The molecule has 1 heterocycles. The molecule has 0 aliphatic heterocycles. The number of hydrogen-bond donors (Lipinski definition) is 2. The second kappa shape index (κ2) is 5.60. The molecule has 4 heteroatoms. The fraction of sp³-hybridized carbons (Fsp3) is 0.562. The first-order valence-electron chi connectivity index (χ1n) is 7.54. The van der Waals surface area contributed by atoms with E-state index in [1.54, 1.807) is 11.3 Å². The smallest absolute Gasteiger partial charge is 0.0907 e. The Balaban J connectivity index is 1.74. The van der Waals surface area contributed by atoms with Crippen LogP contribution in [0.3, 0.4) is 0 Å². The summed E-state index contributed by atoms with van der Waals surface area (Å²) in [7, 11) is 0. The topological polar surface area (TPSA) is 50.9 Å². The maximum Gasteiger partial charge on any atom is 0.0907 e. The third kappa shape index (κ3) is 2.75. The Morgan fingerprint density at radius 1 is 1.35 bits per heavy atom. The Hall–Kier alpha value is -1.29. The fourth-order valence-electron chi connectivity index (χ4n) is 3.20. The molecule has 1 saturated carbocycles. The van der Waals surface area contributed by atoms with E-state index < -0.39 is 0 Å². The summed E-state index contributed by atoms with van der Waals surface area (Å²) < 4.78 is 1.18. The molecule has 3 nitrogen and oxygen atoms in total. The van der Waals surface area contributed by atoms with Crippen molar-refractivity contribution >= 4 is 32.9 Å². The lowest BCUT2D eigenvalue weighted by Crippen LogP contribution is -2.24. The van der Waals surface area contributed by atoms with E-state index >= 15 is 0 Å².